The number of carbonyl (C=O) groups is 1. The quantitative estimate of drug-likeness (QED) is 0.794. The number of aliphatic hydroxyl groups excluding tert-OH is 1. The van der Waals surface area contributed by atoms with Crippen molar-refractivity contribution in [3.63, 3.8) is 0 Å². The number of nitrogens with one attached hydrogen (secondary N) is 1. The number of ether oxygens (including phenoxy) is 2. The summed E-state index contributed by atoms with van der Waals surface area (Å²) < 4.78 is 10.6. The van der Waals surface area contributed by atoms with Crippen LogP contribution in [0.1, 0.15) is 47.0 Å². The Balaban J connectivity index is 2.70. The summed E-state index contributed by atoms with van der Waals surface area (Å²) in [6.07, 6.45) is 1.01. The van der Waals surface area contributed by atoms with Crippen LogP contribution in [0.3, 0.4) is 0 Å². The molecule has 1 aliphatic rings. The van der Waals surface area contributed by atoms with E-state index >= 15 is 0 Å². The second-order valence-electron chi connectivity index (χ2n) is 5.92. The highest BCUT2D eigenvalue weighted by Gasteiger charge is 2.38. The molecule has 18 heavy (non-hydrogen) atoms. The lowest BCUT2D eigenvalue weighted by Gasteiger charge is -2.36. The average Bonchev–Trinajstić information content (AvgIpc) is 2.41. The molecule has 5 nitrogen and oxygen atoms in total. The molecule has 1 aliphatic heterocycles. The van der Waals surface area contributed by atoms with Crippen molar-refractivity contribution < 1.29 is 19.4 Å². The molecule has 0 spiro atoms. The predicted molar refractivity (Wildman–Crippen MR) is 68.5 cm³/mol. The molecule has 0 saturated carbocycles. The molecule has 0 aromatic rings. The molecule has 2 N–H and O–H groups in total. The zero-order valence-electron chi connectivity index (χ0n) is 11.8. The Morgan fingerprint density at radius 3 is 2.61 bits per heavy atom. The van der Waals surface area contributed by atoms with Gasteiger partial charge < -0.3 is 19.9 Å². The topological polar surface area (TPSA) is 67.8 Å². The van der Waals surface area contributed by atoms with Crippen LogP contribution >= 0.6 is 0 Å². The molecule has 5 heteroatoms. The fourth-order valence-electron chi connectivity index (χ4n) is 2.13. The molecule has 2 atom stereocenters. The van der Waals surface area contributed by atoms with Crippen molar-refractivity contribution in [3.8, 4) is 0 Å². The molecule has 0 aromatic heterocycles. The van der Waals surface area contributed by atoms with Crippen LogP contribution in [0.15, 0.2) is 0 Å². The average molecular weight is 259 g/mol. The van der Waals surface area contributed by atoms with Gasteiger partial charge in [0.1, 0.15) is 5.60 Å². The van der Waals surface area contributed by atoms with E-state index in [1.165, 1.54) is 0 Å². The van der Waals surface area contributed by atoms with Crippen LogP contribution in [0.5, 0.6) is 0 Å². The minimum atomic E-state index is -0.640. The molecule has 0 bridgehead atoms. The van der Waals surface area contributed by atoms with Gasteiger partial charge in [-0.2, -0.15) is 0 Å². The molecule has 2 unspecified atom stereocenters. The van der Waals surface area contributed by atoms with Crippen LogP contribution in [-0.4, -0.2) is 41.7 Å². The SMILES string of the molecule is CC(O)C1(NC(=O)OC(C)(C)C)CCCOCC1. The number of aliphatic hydroxyl groups is 1. The fourth-order valence-corrected chi connectivity index (χ4v) is 2.13. The molecule has 1 heterocycles. The largest absolute Gasteiger partial charge is 0.444 e. The van der Waals surface area contributed by atoms with Crippen LogP contribution in [-0.2, 0) is 9.47 Å². The summed E-state index contributed by atoms with van der Waals surface area (Å²) in [4.78, 5) is 11.9. The van der Waals surface area contributed by atoms with Gasteiger partial charge in [-0.25, -0.2) is 4.79 Å². The normalized spacial score (nSPS) is 27.2. The van der Waals surface area contributed by atoms with E-state index in [0.29, 0.717) is 26.1 Å². The van der Waals surface area contributed by atoms with Gasteiger partial charge in [-0.3, -0.25) is 0 Å². The van der Waals surface area contributed by atoms with Crippen LogP contribution in [0, 0.1) is 0 Å². The first-order valence-electron chi connectivity index (χ1n) is 6.52. The van der Waals surface area contributed by atoms with Gasteiger partial charge in [-0.05, 0) is 47.0 Å². The first-order valence-corrected chi connectivity index (χ1v) is 6.52. The smallest absolute Gasteiger partial charge is 0.408 e. The zero-order chi connectivity index (χ0) is 13.8. The number of hydrogen-bond donors (Lipinski definition) is 2. The third-order valence-corrected chi connectivity index (χ3v) is 3.15. The minimum absolute atomic E-state index is 0.481. The second kappa shape index (κ2) is 5.89. The summed E-state index contributed by atoms with van der Waals surface area (Å²) in [6.45, 7) is 8.36. The van der Waals surface area contributed by atoms with Crippen molar-refractivity contribution in [2.75, 3.05) is 13.2 Å². The van der Waals surface area contributed by atoms with E-state index in [9.17, 15) is 9.90 Å². The Kier molecular flexibility index (Phi) is 4.99. The van der Waals surface area contributed by atoms with E-state index < -0.39 is 23.3 Å². The number of amides is 1. The lowest BCUT2D eigenvalue weighted by Crippen LogP contribution is -2.56. The highest BCUT2D eigenvalue weighted by atomic mass is 16.6. The van der Waals surface area contributed by atoms with Crippen LogP contribution in [0.4, 0.5) is 4.79 Å². The van der Waals surface area contributed by atoms with Gasteiger partial charge in [0.25, 0.3) is 0 Å². The molecular weight excluding hydrogens is 234 g/mol. The highest BCUT2D eigenvalue weighted by Crippen LogP contribution is 2.25. The van der Waals surface area contributed by atoms with Crippen molar-refractivity contribution in [2.45, 2.75) is 64.2 Å². The van der Waals surface area contributed by atoms with E-state index in [1.807, 2.05) is 20.8 Å². The summed E-state index contributed by atoms with van der Waals surface area (Å²) in [5.74, 6) is 0. The molecule has 106 valence electrons. The highest BCUT2D eigenvalue weighted by molar-refractivity contribution is 5.69. The van der Waals surface area contributed by atoms with Crippen molar-refractivity contribution in [2.24, 2.45) is 0 Å². The lowest BCUT2D eigenvalue weighted by atomic mass is 9.85. The van der Waals surface area contributed by atoms with Gasteiger partial charge in [-0.1, -0.05) is 0 Å². The van der Waals surface area contributed by atoms with Crippen molar-refractivity contribution in [1.29, 1.82) is 0 Å². The minimum Gasteiger partial charge on any atom is -0.444 e. The van der Waals surface area contributed by atoms with Gasteiger partial charge >= 0.3 is 6.09 Å². The maximum atomic E-state index is 11.9. The number of rotatable bonds is 2. The number of hydrogen-bond acceptors (Lipinski definition) is 4. The van der Waals surface area contributed by atoms with Crippen LogP contribution in [0.25, 0.3) is 0 Å². The third kappa shape index (κ3) is 4.46. The van der Waals surface area contributed by atoms with E-state index in [2.05, 4.69) is 5.32 Å². The molecule has 0 aromatic carbocycles. The standard InChI is InChI=1S/C13H25NO4/c1-10(15)13(6-5-8-17-9-7-13)14-11(16)18-12(2,3)4/h10,15H,5-9H2,1-4H3,(H,14,16). The molecular formula is C13H25NO4. The Morgan fingerprint density at radius 2 is 2.06 bits per heavy atom. The monoisotopic (exact) mass is 259 g/mol. The van der Waals surface area contributed by atoms with E-state index in [0.717, 1.165) is 6.42 Å². The Bertz CT molecular complexity index is 275. The maximum Gasteiger partial charge on any atom is 0.408 e. The van der Waals surface area contributed by atoms with Gasteiger partial charge in [-0.15, -0.1) is 0 Å². The second-order valence-corrected chi connectivity index (χ2v) is 5.92. The van der Waals surface area contributed by atoms with E-state index in [-0.39, 0.29) is 0 Å². The molecule has 1 amide bonds. The van der Waals surface area contributed by atoms with Crippen molar-refractivity contribution in [1.82, 2.24) is 5.32 Å². The number of alkyl carbamates (subject to hydrolysis) is 1. The molecule has 1 saturated heterocycles. The Labute approximate surface area is 109 Å². The summed E-state index contributed by atoms with van der Waals surface area (Å²) in [5, 5.41) is 12.8. The Hall–Kier alpha value is -0.810. The summed E-state index contributed by atoms with van der Waals surface area (Å²) >= 11 is 0. The van der Waals surface area contributed by atoms with Gasteiger partial charge in [0.15, 0.2) is 0 Å². The van der Waals surface area contributed by atoms with Crippen molar-refractivity contribution in [3.05, 3.63) is 0 Å². The first kappa shape index (κ1) is 15.2. The predicted octanol–water partition coefficient (Wildman–Crippen LogP) is 1.83. The lowest BCUT2D eigenvalue weighted by molar-refractivity contribution is 0.0191. The maximum absolute atomic E-state index is 11.9. The molecule has 1 rings (SSSR count). The van der Waals surface area contributed by atoms with Crippen molar-refractivity contribution >= 4 is 6.09 Å². The van der Waals surface area contributed by atoms with Crippen LogP contribution in [0.2, 0.25) is 0 Å². The summed E-state index contributed by atoms with van der Waals surface area (Å²) in [7, 11) is 0. The van der Waals surface area contributed by atoms with Crippen LogP contribution < -0.4 is 5.32 Å². The molecule has 0 aliphatic carbocycles. The summed E-state index contributed by atoms with van der Waals surface area (Å²) in [5.41, 5.74) is -1.18. The van der Waals surface area contributed by atoms with E-state index in [4.69, 9.17) is 9.47 Å². The molecule has 1 fully saturated rings. The fraction of sp³-hybridized carbons (Fsp3) is 0.923. The van der Waals surface area contributed by atoms with Gasteiger partial charge in [0, 0.05) is 13.2 Å². The summed E-state index contributed by atoms with van der Waals surface area (Å²) in [6, 6.07) is 0. The van der Waals surface area contributed by atoms with Gasteiger partial charge in [0.2, 0.25) is 0 Å². The molecule has 0 radical (unpaired) electrons. The Morgan fingerprint density at radius 1 is 1.39 bits per heavy atom. The third-order valence-electron chi connectivity index (χ3n) is 3.15. The van der Waals surface area contributed by atoms with Gasteiger partial charge in [0.05, 0.1) is 11.6 Å². The zero-order valence-corrected chi connectivity index (χ0v) is 11.8. The van der Waals surface area contributed by atoms with E-state index in [1.54, 1.807) is 6.92 Å². The first-order chi connectivity index (χ1) is 8.25. The number of carbonyl (C=O) groups excluding carboxylic acids is 1.